The van der Waals surface area contributed by atoms with Crippen molar-refractivity contribution < 1.29 is 18.0 Å². The number of rotatable bonds is 4. The third-order valence-electron chi connectivity index (χ3n) is 3.63. The van der Waals surface area contributed by atoms with Crippen molar-refractivity contribution in [3.63, 3.8) is 0 Å². The lowest BCUT2D eigenvalue weighted by Crippen LogP contribution is -2.37. The van der Waals surface area contributed by atoms with Crippen LogP contribution in [0.3, 0.4) is 0 Å². The molecule has 1 aliphatic carbocycles. The number of carbonyl (C=O) groups excluding carboxylic acids is 1. The average molecular weight is 352 g/mol. The highest BCUT2D eigenvalue weighted by Crippen LogP contribution is 2.37. The maximum atomic E-state index is 12.8. The lowest BCUT2D eigenvalue weighted by Gasteiger charge is -2.17. The molecule has 2 rings (SSSR count). The molecule has 0 spiro atoms. The van der Waals surface area contributed by atoms with Gasteiger partial charge >= 0.3 is 6.18 Å². The Kier molecular flexibility index (Phi) is 5.66. The SMILES string of the molecule is C[C@@H](Sc1ccc(Cl)c(C(F)(F)F)c1)C(=O)NC1CCCC1. The van der Waals surface area contributed by atoms with Crippen LogP contribution in [0.15, 0.2) is 23.1 Å². The van der Waals surface area contributed by atoms with E-state index in [0.29, 0.717) is 4.90 Å². The zero-order valence-corrected chi connectivity index (χ0v) is 13.6. The van der Waals surface area contributed by atoms with E-state index < -0.39 is 17.0 Å². The normalized spacial score (nSPS) is 17.5. The van der Waals surface area contributed by atoms with Gasteiger partial charge in [-0.2, -0.15) is 13.2 Å². The van der Waals surface area contributed by atoms with Crippen LogP contribution in [-0.4, -0.2) is 17.2 Å². The summed E-state index contributed by atoms with van der Waals surface area (Å²) in [6, 6.07) is 3.91. The first-order valence-electron chi connectivity index (χ1n) is 7.11. The number of benzene rings is 1. The van der Waals surface area contributed by atoms with Crippen LogP contribution >= 0.6 is 23.4 Å². The van der Waals surface area contributed by atoms with Gasteiger partial charge in [-0.25, -0.2) is 0 Å². The molecule has 1 aromatic carbocycles. The Morgan fingerprint density at radius 1 is 1.36 bits per heavy atom. The third kappa shape index (κ3) is 4.56. The maximum absolute atomic E-state index is 12.8. The van der Waals surface area contributed by atoms with Crippen molar-refractivity contribution in [1.29, 1.82) is 0 Å². The maximum Gasteiger partial charge on any atom is 0.417 e. The van der Waals surface area contributed by atoms with Crippen LogP contribution in [0, 0.1) is 0 Å². The molecule has 0 aliphatic heterocycles. The summed E-state index contributed by atoms with van der Waals surface area (Å²) in [6.07, 6.45) is -0.329. The fourth-order valence-corrected chi connectivity index (χ4v) is 3.58. The van der Waals surface area contributed by atoms with Gasteiger partial charge in [0.25, 0.3) is 0 Å². The van der Waals surface area contributed by atoms with Gasteiger partial charge in [0.2, 0.25) is 5.91 Å². The second kappa shape index (κ2) is 7.13. The Morgan fingerprint density at radius 2 is 2.00 bits per heavy atom. The first-order valence-corrected chi connectivity index (χ1v) is 8.37. The van der Waals surface area contributed by atoms with Gasteiger partial charge < -0.3 is 5.32 Å². The van der Waals surface area contributed by atoms with E-state index in [-0.39, 0.29) is 17.0 Å². The number of alkyl halides is 3. The van der Waals surface area contributed by atoms with Crippen molar-refractivity contribution in [2.75, 3.05) is 0 Å². The molecule has 1 aliphatic rings. The standard InChI is InChI=1S/C15H17ClF3NOS/c1-9(14(21)20-10-4-2-3-5-10)22-11-6-7-13(16)12(8-11)15(17,18)19/h6-10H,2-5H2,1H3,(H,20,21)/t9-/m1/s1. The van der Waals surface area contributed by atoms with Crippen molar-refractivity contribution in [3.8, 4) is 0 Å². The van der Waals surface area contributed by atoms with Crippen LogP contribution in [0.5, 0.6) is 0 Å². The minimum Gasteiger partial charge on any atom is -0.352 e. The first-order chi connectivity index (χ1) is 10.3. The predicted octanol–water partition coefficient (Wildman–Crippen LogP) is 4.90. The largest absolute Gasteiger partial charge is 0.417 e. The summed E-state index contributed by atoms with van der Waals surface area (Å²) < 4.78 is 38.5. The second-order valence-corrected chi connectivity index (χ2v) is 7.21. The van der Waals surface area contributed by atoms with Crippen LogP contribution in [0.25, 0.3) is 0 Å². The summed E-state index contributed by atoms with van der Waals surface area (Å²) in [7, 11) is 0. The fourth-order valence-electron chi connectivity index (χ4n) is 2.44. The van der Waals surface area contributed by atoms with Gasteiger partial charge in [0.1, 0.15) is 0 Å². The van der Waals surface area contributed by atoms with Gasteiger partial charge in [0.05, 0.1) is 15.8 Å². The number of hydrogen-bond donors (Lipinski definition) is 1. The molecule has 122 valence electrons. The van der Waals surface area contributed by atoms with Crippen molar-refractivity contribution in [3.05, 3.63) is 28.8 Å². The molecule has 22 heavy (non-hydrogen) atoms. The molecule has 1 N–H and O–H groups in total. The summed E-state index contributed by atoms with van der Waals surface area (Å²) in [5.41, 5.74) is -0.873. The van der Waals surface area contributed by atoms with Gasteiger partial charge in [-0.3, -0.25) is 4.79 Å². The van der Waals surface area contributed by atoms with Crippen LogP contribution in [-0.2, 0) is 11.0 Å². The Balaban J connectivity index is 2.01. The fraction of sp³-hybridized carbons (Fsp3) is 0.533. The molecular weight excluding hydrogens is 335 g/mol. The minimum absolute atomic E-state index is 0.139. The molecule has 1 amide bonds. The van der Waals surface area contributed by atoms with E-state index in [0.717, 1.165) is 43.5 Å². The Bertz CT molecular complexity index is 544. The average Bonchev–Trinajstić information content (AvgIpc) is 2.92. The van der Waals surface area contributed by atoms with Gasteiger partial charge in [0.15, 0.2) is 0 Å². The van der Waals surface area contributed by atoms with E-state index in [9.17, 15) is 18.0 Å². The quantitative estimate of drug-likeness (QED) is 0.782. The van der Waals surface area contributed by atoms with E-state index in [4.69, 9.17) is 11.6 Å². The van der Waals surface area contributed by atoms with Crippen molar-refractivity contribution in [2.45, 2.75) is 55.0 Å². The van der Waals surface area contributed by atoms with Gasteiger partial charge in [-0.05, 0) is 38.0 Å². The van der Waals surface area contributed by atoms with Crippen LogP contribution in [0.1, 0.15) is 38.2 Å². The van der Waals surface area contributed by atoms with Crippen LogP contribution in [0.4, 0.5) is 13.2 Å². The molecule has 0 saturated heterocycles. The Hall–Kier alpha value is -0.880. The topological polar surface area (TPSA) is 29.1 Å². The van der Waals surface area contributed by atoms with E-state index in [2.05, 4.69) is 5.32 Å². The molecule has 0 unspecified atom stereocenters. The summed E-state index contributed by atoms with van der Waals surface area (Å²) in [6.45, 7) is 1.69. The van der Waals surface area contributed by atoms with E-state index in [1.165, 1.54) is 12.1 Å². The van der Waals surface area contributed by atoms with E-state index in [1.807, 2.05) is 0 Å². The third-order valence-corrected chi connectivity index (χ3v) is 5.05. The van der Waals surface area contributed by atoms with Crippen LogP contribution < -0.4 is 5.32 Å². The number of thioether (sulfide) groups is 1. The van der Waals surface area contributed by atoms with Crippen molar-refractivity contribution in [2.24, 2.45) is 0 Å². The van der Waals surface area contributed by atoms with E-state index >= 15 is 0 Å². The van der Waals surface area contributed by atoms with Crippen molar-refractivity contribution in [1.82, 2.24) is 5.32 Å². The van der Waals surface area contributed by atoms with Gasteiger partial charge in [0, 0.05) is 10.9 Å². The molecule has 0 aromatic heterocycles. The molecule has 1 atom stereocenters. The first kappa shape index (κ1) is 17.5. The number of halogens is 4. The van der Waals surface area contributed by atoms with Crippen molar-refractivity contribution >= 4 is 29.3 Å². The highest BCUT2D eigenvalue weighted by molar-refractivity contribution is 8.00. The van der Waals surface area contributed by atoms with E-state index in [1.54, 1.807) is 6.92 Å². The molecule has 7 heteroatoms. The van der Waals surface area contributed by atoms with Crippen LogP contribution in [0.2, 0.25) is 5.02 Å². The monoisotopic (exact) mass is 351 g/mol. The molecule has 1 aromatic rings. The number of nitrogens with one attached hydrogen (secondary N) is 1. The highest BCUT2D eigenvalue weighted by atomic mass is 35.5. The molecule has 0 heterocycles. The molecule has 2 nitrogen and oxygen atoms in total. The summed E-state index contributed by atoms with van der Waals surface area (Å²) >= 11 is 6.69. The Labute approximate surface area is 136 Å². The highest BCUT2D eigenvalue weighted by Gasteiger charge is 2.33. The zero-order valence-electron chi connectivity index (χ0n) is 12.0. The lowest BCUT2D eigenvalue weighted by atomic mass is 10.2. The zero-order chi connectivity index (χ0) is 16.3. The molecule has 1 saturated carbocycles. The molecule has 1 fully saturated rings. The van der Waals surface area contributed by atoms with Gasteiger partial charge in [-0.15, -0.1) is 11.8 Å². The number of amides is 1. The summed E-state index contributed by atoms with van der Waals surface area (Å²) in [4.78, 5) is 12.5. The lowest BCUT2D eigenvalue weighted by molar-refractivity contribution is -0.137. The summed E-state index contributed by atoms with van der Waals surface area (Å²) in [5.74, 6) is -0.139. The number of hydrogen-bond acceptors (Lipinski definition) is 2. The second-order valence-electron chi connectivity index (χ2n) is 5.39. The predicted molar refractivity (Wildman–Crippen MR) is 82.2 cm³/mol. The molecule has 0 bridgehead atoms. The minimum atomic E-state index is -4.50. The molecular formula is C15H17ClF3NOS. The number of carbonyl (C=O) groups is 1. The summed E-state index contributed by atoms with van der Waals surface area (Å²) in [5, 5.41) is 2.16. The molecule has 0 radical (unpaired) electrons. The smallest absolute Gasteiger partial charge is 0.352 e. The van der Waals surface area contributed by atoms with Gasteiger partial charge in [-0.1, -0.05) is 24.4 Å². The Morgan fingerprint density at radius 3 is 2.59 bits per heavy atom.